The van der Waals surface area contributed by atoms with Crippen molar-refractivity contribution in [1.29, 1.82) is 0 Å². The van der Waals surface area contributed by atoms with Crippen molar-refractivity contribution in [1.82, 2.24) is 9.88 Å². The van der Waals surface area contributed by atoms with E-state index in [4.69, 9.17) is 4.74 Å². The summed E-state index contributed by atoms with van der Waals surface area (Å²) >= 11 is 1.41. The van der Waals surface area contributed by atoms with E-state index in [9.17, 15) is 9.59 Å². The van der Waals surface area contributed by atoms with Crippen molar-refractivity contribution >= 4 is 23.2 Å². The number of hydrogen-bond donors (Lipinski definition) is 0. The maximum absolute atomic E-state index is 12.5. The van der Waals surface area contributed by atoms with Crippen LogP contribution in [0.1, 0.15) is 87.6 Å². The Balaban J connectivity index is 2.47. The highest BCUT2D eigenvalue weighted by Gasteiger charge is 2.17. The largest absolute Gasteiger partial charge is 0.461 e. The smallest absolute Gasteiger partial charge is 0.357 e. The van der Waals surface area contributed by atoms with Crippen LogP contribution in [0.2, 0.25) is 0 Å². The van der Waals surface area contributed by atoms with Gasteiger partial charge in [0.05, 0.1) is 13.2 Å². The lowest BCUT2D eigenvalue weighted by molar-refractivity contribution is -0.132. The highest BCUT2D eigenvalue weighted by Crippen LogP contribution is 2.15. The molecule has 0 saturated carbocycles. The zero-order valence-electron chi connectivity index (χ0n) is 15.9. The van der Waals surface area contributed by atoms with Crippen molar-refractivity contribution < 1.29 is 14.3 Å². The van der Waals surface area contributed by atoms with Gasteiger partial charge < -0.3 is 9.64 Å². The molecule has 25 heavy (non-hydrogen) atoms. The summed E-state index contributed by atoms with van der Waals surface area (Å²) in [6, 6.07) is 0. The molecule has 6 heteroatoms. The van der Waals surface area contributed by atoms with Gasteiger partial charge in [-0.05, 0) is 19.8 Å². The van der Waals surface area contributed by atoms with Crippen LogP contribution in [0.25, 0.3) is 0 Å². The number of hydrogen-bond acceptors (Lipinski definition) is 5. The Labute approximate surface area is 155 Å². The number of nitrogens with zero attached hydrogens (tertiary/aromatic N) is 2. The molecule has 0 aliphatic heterocycles. The number of thiazole rings is 1. The number of rotatable bonds is 13. The molecule has 0 N–H and O–H groups in total. The molecule has 0 atom stereocenters. The summed E-state index contributed by atoms with van der Waals surface area (Å²) in [5.41, 5.74) is 0.335. The summed E-state index contributed by atoms with van der Waals surface area (Å²) in [7, 11) is 0. The van der Waals surface area contributed by atoms with Gasteiger partial charge in [-0.15, -0.1) is 11.3 Å². The Morgan fingerprint density at radius 2 is 1.80 bits per heavy atom. The molecule has 0 spiro atoms. The van der Waals surface area contributed by atoms with Gasteiger partial charge >= 0.3 is 5.97 Å². The monoisotopic (exact) mass is 368 g/mol. The third kappa shape index (κ3) is 8.47. The zero-order chi connectivity index (χ0) is 18.5. The molecule has 0 radical (unpaired) electrons. The van der Waals surface area contributed by atoms with Gasteiger partial charge in [-0.2, -0.15) is 0 Å². The summed E-state index contributed by atoms with van der Waals surface area (Å²) < 4.78 is 4.96. The third-order valence-corrected chi connectivity index (χ3v) is 4.79. The normalized spacial score (nSPS) is 10.7. The van der Waals surface area contributed by atoms with Crippen LogP contribution in [-0.2, 0) is 16.1 Å². The molecule has 5 nitrogen and oxygen atoms in total. The molecule has 1 amide bonds. The van der Waals surface area contributed by atoms with Crippen molar-refractivity contribution in [3.8, 4) is 0 Å². The molecule has 0 unspecified atom stereocenters. The second kappa shape index (κ2) is 12.9. The molecule has 1 heterocycles. The predicted molar refractivity (Wildman–Crippen MR) is 102 cm³/mol. The maximum Gasteiger partial charge on any atom is 0.357 e. The van der Waals surface area contributed by atoms with Gasteiger partial charge in [0, 0.05) is 18.3 Å². The van der Waals surface area contributed by atoms with Gasteiger partial charge in [0.2, 0.25) is 5.91 Å². The summed E-state index contributed by atoms with van der Waals surface area (Å²) in [6.45, 7) is 7.59. The molecule has 142 valence electrons. The fourth-order valence-electron chi connectivity index (χ4n) is 2.62. The van der Waals surface area contributed by atoms with E-state index in [2.05, 4.69) is 18.8 Å². The Morgan fingerprint density at radius 3 is 2.48 bits per heavy atom. The number of carbonyl (C=O) groups excluding carboxylic acids is 2. The molecule has 1 aromatic heterocycles. The molecule has 0 aromatic carbocycles. The van der Waals surface area contributed by atoms with E-state index in [1.807, 2.05) is 4.90 Å². The first-order valence-corrected chi connectivity index (χ1v) is 10.4. The molecule has 0 aliphatic rings. The molecule has 1 rings (SSSR count). The highest BCUT2D eigenvalue weighted by molar-refractivity contribution is 7.09. The van der Waals surface area contributed by atoms with Crippen LogP contribution in [0.3, 0.4) is 0 Å². The van der Waals surface area contributed by atoms with E-state index in [0.717, 1.165) is 30.8 Å². The Kier molecular flexibility index (Phi) is 11.1. The van der Waals surface area contributed by atoms with E-state index in [1.54, 1.807) is 12.3 Å². The Hall–Kier alpha value is -1.43. The topological polar surface area (TPSA) is 59.5 Å². The number of amides is 1. The van der Waals surface area contributed by atoms with Crippen molar-refractivity contribution in [2.75, 3.05) is 13.2 Å². The average molecular weight is 369 g/mol. The minimum Gasteiger partial charge on any atom is -0.461 e. The first-order chi connectivity index (χ1) is 12.1. The van der Waals surface area contributed by atoms with Gasteiger partial charge in [-0.25, -0.2) is 9.78 Å². The quantitative estimate of drug-likeness (QED) is 0.370. The minimum absolute atomic E-state index is 0.185. The lowest BCUT2D eigenvalue weighted by Gasteiger charge is -2.21. The summed E-state index contributed by atoms with van der Waals surface area (Å²) in [5.74, 6) is -0.212. The minimum atomic E-state index is -0.398. The van der Waals surface area contributed by atoms with E-state index in [1.165, 1.54) is 37.0 Å². The number of carbonyl (C=O) groups is 2. The standard InChI is InChI=1S/C19H32N2O3S/c1-4-7-8-9-10-11-12-18(22)21(13-5-2)14-17-20-16(15-25-17)19(23)24-6-3/h15H,4-14H2,1-3H3. The second-order valence-corrected chi connectivity index (χ2v) is 7.12. The van der Waals surface area contributed by atoms with Crippen molar-refractivity contribution in [2.24, 2.45) is 0 Å². The van der Waals surface area contributed by atoms with Crippen LogP contribution >= 0.6 is 11.3 Å². The number of aromatic nitrogens is 1. The van der Waals surface area contributed by atoms with Crippen molar-refractivity contribution in [3.05, 3.63) is 16.1 Å². The van der Waals surface area contributed by atoms with Gasteiger partial charge in [-0.1, -0.05) is 46.0 Å². The van der Waals surface area contributed by atoms with Crippen LogP contribution in [-0.4, -0.2) is 34.9 Å². The highest BCUT2D eigenvalue weighted by atomic mass is 32.1. The summed E-state index contributed by atoms with van der Waals surface area (Å²) in [6.07, 6.45) is 8.59. The van der Waals surface area contributed by atoms with Crippen molar-refractivity contribution in [3.63, 3.8) is 0 Å². The fourth-order valence-corrected chi connectivity index (χ4v) is 3.40. The van der Waals surface area contributed by atoms with Gasteiger partial charge in [-0.3, -0.25) is 4.79 Å². The Morgan fingerprint density at radius 1 is 1.08 bits per heavy atom. The van der Waals surface area contributed by atoms with E-state index in [-0.39, 0.29) is 5.91 Å². The number of unbranched alkanes of at least 4 members (excludes halogenated alkanes) is 5. The van der Waals surface area contributed by atoms with Crippen LogP contribution in [0.15, 0.2) is 5.38 Å². The average Bonchev–Trinajstić information content (AvgIpc) is 3.06. The maximum atomic E-state index is 12.5. The first-order valence-electron chi connectivity index (χ1n) is 9.51. The van der Waals surface area contributed by atoms with Crippen LogP contribution in [0.4, 0.5) is 0 Å². The molecule has 0 bridgehead atoms. The number of esters is 1. The van der Waals surface area contributed by atoms with E-state index < -0.39 is 5.97 Å². The lowest BCUT2D eigenvalue weighted by atomic mass is 10.1. The van der Waals surface area contributed by atoms with Gasteiger partial charge in [0.15, 0.2) is 5.69 Å². The fraction of sp³-hybridized carbons (Fsp3) is 0.737. The molecule has 0 saturated heterocycles. The zero-order valence-corrected chi connectivity index (χ0v) is 16.7. The van der Waals surface area contributed by atoms with Crippen LogP contribution < -0.4 is 0 Å². The van der Waals surface area contributed by atoms with Crippen molar-refractivity contribution in [2.45, 2.75) is 78.7 Å². The predicted octanol–water partition coefficient (Wildman–Crippen LogP) is 4.81. The van der Waals surface area contributed by atoms with Gasteiger partial charge in [0.1, 0.15) is 5.01 Å². The summed E-state index contributed by atoms with van der Waals surface area (Å²) in [4.78, 5) is 30.3. The van der Waals surface area contributed by atoms with Crippen LogP contribution in [0.5, 0.6) is 0 Å². The number of ether oxygens (including phenoxy) is 1. The first kappa shape index (κ1) is 21.6. The third-order valence-electron chi connectivity index (χ3n) is 3.95. The van der Waals surface area contributed by atoms with Crippen LogP contribution in [0, 0.1) is 0 Å². The molecular formula is C19H32N2O3S. The molecular weight excluding hydrogens is 336 g/mol. The lowest BCUT2D eigenvalue weighted by Crippen LogP contribution is -2.31. The van der Waals surface area contributed by atoms with E-state index >= 15 is 0 Å². The Bertz CT molecular complexity index is 517. The summed E-state index contributed by atoms with van der Waals surface area (Å²) in [5, 5.41) is 2.49. The van der Waals surface area contributed by atoms with Gasteiger partial charge in [0.25, 0.3) is 0 Å². The molecule has 0 aliphatic carbocycles. The SMILES string of the molecule is CCCCCCCCC(=O)N(CCC)Cc1nc(C(=O)OCC)cs1. The molecule has 0 fully saturated rings. The van der Waals surface area contributed by atoms with E-state index in [0.29, 0.717) is 25.3 Å². The second-order valence-electron chi connectivity index (χ2n) is 6.18. The molecule has 1 aromatic rings.